The molecule has 2 saturated heterocycles. The van der Waals surface area contributed by atoms with Crippen LogP contribution in [-0.2, 0) is 11.8 Å². The molecule has 8 heteroatoms. The molecule has 0 saturated carbocycles. The van der Waals surface area contributed by atoms with Gasteiger partial charge in [0.05, 0.1) is 18.0 Å². The first-order valence-electron chi connectivity index (χ1n) is 9.71. The molecule has 2 fully saturated rings. The Morgan fingerprint density at radius 2 is 2.00 bits per heavy atom. The van der Waals surface area contributed by atoms with Crippen molar-refractivity contribution in [2.24, 2.45) is 7.05 Å². The Bertz CT molecular complexity index is 1110. The van der Waals surface area contributed by atoms with E-state index in [1.807, 2.05) is 53.0 Å². The highest BCUT2D eigenvalue weighted by atomic mass is 32.1. The van der Waals surface area contributed by atoms with Crippen LogP contribution in [0.5, 0.6) is 0 Å². The van der Waals surface area contributed by atoms with Crippen LogP contribution in [0.2, 0.25) is 0 Å². The lowest BCUT2D eigenvalue weighted by atomic mass is 9.92. The zero-order chi connectivity index (χ0) is 20.2. The molecule has 1 atom stereocenters. The van der Waals surface area contributed by atoms with Gasteiger partial charge < -0.3 is 14.5 Å². The number of hydrogen-bond donors (Lipinski definition) is 0. The van der Waals surface area contributed by atoms with Gasteiger partial charge in [-0.25, -0.2) is 4.79 Å². The van der Waals surface area contributed by atoms with Gasteiger partial charge in [-0.2, -0.15) is 5.10 Å². The van der Waals surface area contributed by atoms with Gasteiger partial charge in [0.15, 0.2) is 0 Å². The molecule has 0 unspecified atom stereocenters. The minimum Gasteiger partial charge on any atom is -0.439 e. The number of nitrogens with zero attached hydrogens (tertiary/aromatic N) is 4. The average molecular weight is 410 g/mol. The van der Waals surface area contributed by atoms with E-state index in [0.717, 1.165) is 34.3 Å². The Labute approximate surface area is 172 Å². The van der Waals surface area contributed by atoms with Crippen LogP contribution in [0.4, 0.5) is 4.79 Å². The summed E-state index contributed by atoms with van der Waals surface area (Å²) in [6.45, 7) is 1.66. The molecule has 29 heavy (non-hydrogen) atoms. The molecule has 7 nitrogen and oxygen atoms in total. The summed E-state index contributed by atoms with van der Waals surface area (Å²) in [4.78, 5) is 30.3. The van der Waals surface area contributed by atoms with E-state index in [-0.39, 0.29) is 12.0 Å². The fourth-order valence-corrected chi connectivity index (χ4v) is 5.43. The molecular formula is C21H22N4O3S. The van der Waals surface area contributed by atoms with Crippen LogP contribution in [0.1, 0.15) is 22.5 Å². The van der Waals surface area contributed by atoms with Gasteiger partial charge >= 0.3 is 6.09 Å². The minimum absolute atomic E-state index is 0.00473. The molecule has 0 bridgehead atoms. The first-order valence-corrected chi connectivity index (χ1v) is 10.5. The number of likely N-dealkylation sites (N-methyl/N-ethyl adjacent to an activating group) is 1. The van der Waals surface area contributed by atoms with Crippen LogP contribution in [0.15, 0.2) is 36.4 Å². The molecule has 2 amide bonds. The lowest BCUT2D eigenvalue weighted by Gasteiger charge is -2.38. The van der Waals surface area contributed by atoms with Crippen molar-refractivity contribution >= 4 is 33.6 Å². The molecule has 1 aromatic carbocycles. The van der Waals surface area contributed by atoms with E-state index in [4.69, 9.17) is 4.74 Å². The summed E-state index contributed by atoms with van der Waals surface area (Å²) in [7, 11) is 3.64. The summed E-state index contributed by atoms with van der Waals surface area (Å²) in [6, 6.07) is 12.0. The molecule has 2 aliphatic rings. The van der Waals surface area contributed by atoms with E-state index in [1.54, 1.807) is 11.9 Å². The van der Waals surface area contributed by atoms with Crippen molar-refractivity contribution in [2.45, 2.75) is 18.4 Å². The summed E-state index contributed by atoms with van der Waals surface area (Å²) in [5.41, 5.74) is 1.35. The number of piperidine rings is 1. The van der Waals surface area contributed by atoms with Crippen molar-refractivity contribution in [1.29, 1.82) is 0 Å². The van der Waals surface area contributed by atoms with Gasteiger partial charge in [0, 0.05) is 31.6 Å². The molecule has 5 rings (SSSR count). The molecule has 150 valence electrons. The maximum atomic E-state index is 13.3. The molecule has 0 aliphatic carbocycles. The highest BCUT2D eigenvalue weighted by Crippen LogP contribution is 2.36. The lowest BCUT2D eigenvalue weighted by Crippen LogP contribution is -2.52. The maximum absolute atomic E-state index is 13.3. The number of aromatic nitrogens is 2. The molecule has 0 N–H and O–H groups in total. The molecule has 0 radical (unpaired) electrons. The summed E-state index contributed by atoms with van der Waals surface area (Å²) in [5.74, 6) is -0.00473. The van der Waals surface area contributed by atoms with Gasteiger partial charge in [-0.15, -0.1) is 11.3 Å². The van der Waals surface area contributed by atoms with Crippen molar-refractivity contribution in [3.63, 3.8) is 0 Å². The normalized spacial score (nSPS) is 21.9. The van der Waals surface area contributed by atoms with Gasteiger partial charge in [-0.05, 0) is 18.9 Å². The van der Waals surface area contributed by atoms with E-state index in [9.17, 15) is 9.59 Å². The zero-order valence-corrected chi connectivity index (χ0v) is 17.2. The van der Waals surface area contributed by atoms with E-state index < -0.39 is 5.60 Å². The van der Waals surface area contributed by atoms with Crippen molar-refractivity contribution in [3.8, 4) is 11.3 Å². The van der Waals surface area contributed by atoms with Gasteiger partial charge in [0.1, 0.15) is 16.1 Å². The number of rotatable bonds is 2. The Morgan fingerprint density at radius 3 is 2.72 bits per heavy atom. The Hall–Kier alpha value is -2.87. The fourth-order valence-electron chi connectivity index (χ4n) is 4.39. The van der Waals surface area contributed by atoms with Crippen molar-refractivity contribution in [1.82, 2.24) is 19.6 Å². The van der Waals surface area contributed by atoms with Crippen LogP contribution in [-0.4, -0.2) is 63.9 Å². The molecule has 4 heterocycles. The number of hydrogen-bond acceptors (Lipinski definition) is 5. The van der Waals surface area contributed by atoms with Gasteiger partial charge in [0.2, 0.25) is 0 Å². The highest BCUT2D eigenvalue weighted by molar-refractivity contribution is 7.20. The molecule has 2 aliphatic heterocycles. The van der Waals surface area contributed by atoms with E-state index >= 15 is 0 Å². The minimum atomic E-state index is -0.576. The summed E-state index contributed by atoms with van der Waals surface area (Å²) in [6.07, 6.45) is 1.32. The number of carbonyl (C=O) groups excluding carboxylic acids is 2. The Balaban J connectivity index is 1.45. The molecule has 3 aromatic rings. The number of fused-ring (bicyclic) bond motifs is 1. The second-order valence-electron chi connectivity index (χ2n) is 7.91. The summed E-state index contributed by atoms with van der Waals surface area (Å²) in [5, 5.41) is 5.64. The first kappa shape index (κ1) is 18.2. The van der Waals surface area contributed by atoms with E-state index in [1.165, 1.54) is 11.3 Å². The smallest absolute Gasteiger partial charge is 0.410 e. The molecular weight excluding hydrogens is 388 g/mol. The van der Waals surface area contributed by atoms with Crippen LogP contribution in [0, 0.1) is 0 Å². The third-order valence-electron chi connectivity index (χ3n) is 5.74. The number of amides is 2. The zero-order valence-electron chi connectivity index (χ0n) is 16.4. The van der Waals surface area contributed by atoms with Crippen LogP contribution in [0.25, 0.3) is 21.5 Å². The number of aryl methyl sites for hydroxylation is 1. The predicted molar refractivity (Wildman–Crippen MR) is 111 cm³/mol. The highest BCUT2D eigenvalue weighted by Gasteiger charge is 2.47. The largest absolute Gasteiger partial charge is 0.439 e. The second-order valence-corrected chi connectivity index (χ2v) is 8.94. The number of ether oxygens (including phenoxy) is 1. The number of benzene rings is 1. The number of carbonyl (C=O) groups is 2. The topological polar surface area (TPSA) is 67.7 Å². The number of likely N-dealkylation sites (tertiary alicyclic amines) is 1. The predicted octanol–water partition coefficient (Wildman–Crippen LogP) is 3.36. The van der Waals surface area contributed by atoms with Crippen molar-refractivity contribution < 1.29 is 14.3 Å². The average Bonchev–Trinajstić information content (AvgIpc) is 3.36. The third-order valence-corrected chi connectivity index (χ3v) is 6.93. The van der Waals surface area contributed by atoms with Crippen LogP contribution in [0.3, 0.4) is 0 Å². The van der Waals surface area contributed by atoms with Gasteiger partial charge in [-0.3, -0.25) is 9.48 Å². The number of thiophene rings is 1. The summed E-state index contributed by atoms with van der Waals surface area (Å²) >= 11 is 1.46. The van der Waals surface area contributed by atoms with E-state index in [0.29, 0.717) is 24.5 Å². The van der Waals surface area contributed by atoms with Crippen LogP contribution < -0.4 is 0 Å². The fraction of sp³-hybridized carbons (Fsp3) is 0.381. The van der Waals surface area contributed by atoms with E-state index in [2.05, 4.69) is 5.10 Å². The molecule has 1 spiro atoms. The maximum Gasteiger partial charge on any atom is 0.410 e. The third kappa shape index (κ3) is 2.98. The first-order chi connectivity index (χ1) is 14.0. The Morgan fingerprint density at radius 1 is 1.21 bits per heavy atom. The quantitative estimate of drug-likeness (QED) is 0.650. The van der Waals surface area contributed by atoms with Crippen LogP contribution >= 0.6 is 11.3 Å². The monoisotopic (exact) mass is 410 g/mol. The molecule has 2 aromatic heterocycles. The second kappa shape index (κ2) is 6.59. The Kier molecular flexibility index (Phi) is 4.13. The van der Waals surface area contributed by atoms with Gasteiger partial charge in [-0.1, -0.05) is 30.3 Å². The standard InChI is InChI=1S/C21H22N4O3S/c1-23-12-21(28-20(23)27)9-6-10-25(13-21)18(26)16-11-15-17(14-7-4-3-5-8-14)22-24(2)19(15)29-16/h3-5,7-8,11H,6,9-10,12-13H2,1-2H3/t21-/m0/s1. The van der Waals surface area contributed by atoms with Crippen molar-refractivity contribution in [2.75, 3.05) is 26.7 Å². The van der Waals surface area contributed by atoms with Gasteiger partial charge in [0.25, 0.3) is 5.91 Å². The summed E-state index contributed by atoms with van der Waals surface area (Å²) < 4.78 is 7.48. The SMILES string of the molecule is CN1C[C@]2(CCCN(C(=O)c3cc4c(-c5ccccc5)nn(C)c4s3)C2)OC1=O. The lowest BCUT2D eigenvalue weighted by molar-refractivity contribution is -0.00503. The van der Waals surface area contributed by atoms with Crippen molar-refractivity contribution in [3.05, 3.63) is 41.3 Å².